The third-order valence-electron chi connectivity index (χ3n) is 2.85. The third kappa shape index (κ3) is 1.59. The first-order valence-corrected chi connectivity index (χ1v) is 4.90. The minimum atomic E-state index is 0. The Morgan fingerprint density at radius 3 is 2.47 bits per heavy atom. The topological polar surface area (TPSA) is 0 Å². The molecule has 0 heterocycles. The van der Waals surface area contributed by atoms with Crippen LogP contribution in [-0.2, 0) is 26.2 Å². The molecule has 0 atom stereocenters. The second-order valence-electron chi connectivity index (χ2n) is 3.77. The van der Waals surface area contributed by atoms with Crippen LogP contribution >= 0.6 is 0 Å². The van der Waals surface area contributed by atoms with E-state index in [1.807, 2.05) is 0 Å². The maximum atomic E-state index is 2.26. The Bertz CT molecular complexity index is 605. The van der Waals surface area contributed by atoms with Crippen molar-refractivity contribution in [3.05, 3.63) is 54.1 Å². The van der Waals surface area contributed by atoms with Crippen LogP contribution in [0.1, 0.15) is 5.56 Å². The molecule has 0 saturated heterocycles. The van der Waals surface area contributed by atoms with Crippen LogP contribution in [0.2, 0.25) is 0 Å². The molecule has 0 aliphatic rings. The van der Waals surface area contributed by atoms with Gasteiger partial charge in [-0.15, -0.1) is 39.7 Å². The molecular formula is C14H11Zr-. The molecule has 1 heteroatoms. The molecule has 0 saturated carbocycles. The molecule has 0 fully saturated rings. The van der Waals surface area contributed by atoms with Gasteiger partial charge in [0.2, 0.25) is 0 Å². The van der Waals surface area contributed by atoms with Crippen molar-refractivity contribution in [3.63, 3.8) is 0 Å². The first kappa shape index (κ1) is 10.7. The molecular weight excluding hydrogens is 259 g/mol. The fourth-order valence-corrected chi connectivity index (χ4v) is 2.20. The summed E-state index contributed by atoms with van der Waals surface area (Å²) in [5, 5.41) is 5.48. The van der Waals surface area contributed by atoms with E-state index in [-0.39, 0.29) is 26.2 Å². The number of rotatable bonds is 0. The Morgan fingerprint density at radius 2 is 1.60 bits per heavy atom. The summed E-state index contributed by atoms with van der Waals surface area (Å²) >= 11 is 0. The van der Waals surface area contributed by atoms with E-state index in [1.54, 1.807) is 0 Å². The molecule has 15 heavy (non-hydrogen) atoms. The van der Waals surface area contributed by atoms with Crippen LogP contribution in [-0.4, -0.2) is 0 Å². The number of benzene rings is 2. The largest absolute Gasteiger partial charge is 0.126 e. The molecule has 0 unspecified atom stereocenters. The first-order valence-electron chi connectivity index (χ1n) is 4.90. The summed E-state index contributed by atoms with van der Waals surface area (Å²) in [6.45, 7) is 2.18. The van der Waals surface area contributed by atoms with E-state index in [1.165, 1.54) is 27.1 Å². The van der Waals surface area contributed by atoms with Crippen molar-refractivity contribution in [2.75, 3.05) is 0 Å². The van der Waals surface area contributed by atoms with Gasteiger partial charge >= 0.3 is 0 Å². The Hall–Kier alpha value is -0.807. The second-order valence-corrected chi connectivity index (χ2v) is 3.77. The van der Waals surface area contributed by atoms with E-state index in [0.717, 1.165) is 0 Å². The van der Waals surface area contributed by atoms with E-state index in [4.69, 9.17) is 0 Å². The van der Waals surface area contributed by atoms with E-state index < -0.39 is 0 Å². The van der Waals surface area contributed by atoms with Crippen LogP contribution in [0, 0.1) is 6.92 Å². The van der Waals surface area contributed by atoms with Gasteiger partial charge in [-0.3, -0.25) is 0 Å². The molecule has 0 aliphatic carbocycles. The number of fused-ring (bicyclic) bond motifs is 3. The normalized spacial score (nSPS) is 10.5. The van der Waals surface area contributed by atoms with Crippen molar-refractivity contribution < 1.29 is 26.2 Å². The molecule has 0 nitrogen and oxygen atoms in total. The summed E-state index contributed by atoms with van der Waals surface area (Å²) in [5.41, 5.74) is 1.36. The van der Waals surface area contributed by atoms with Crippen molar-refractivity contribution in [3.8, 4) is 0 Å². The van der Waals surface area contributed by atoms with Crippen LogP contribution < -0.4 is 0 Å². The smallest absolute Gasteiger partial charge is 0 e. The van der Waals surface area contributed by atoms with Crippen LogP contribution in [0.4, 0.5) is 0 Å². The molecule has 0 aliphatic heterocycles. The fourth-order valence-electron chi connectivity index (χ4n) is 2.20. The minimum absolute atomic E-state index is 0. The van der Waals surface area contributed by atoms with Crippen molar-refractivity contribution in [1.29, 1.82) is 0 Å². The zero-order valence-electron chi connectivity index (χ0n) is 8.62. The van der Waals surface area contributed by atoms with Gasteiger partial charge in [0.25, 0.3) is 0 Å². The van der Waals surface area contributed by atoms with Gasteiger partial charge in [0, 0.05) is 26.2 Å². The summed E-state index contributed by atoms with van der Waals surface area (Å²) in [7, 11) is 0. The zero-order valence-corrected chi connectivity index (χ0v) is 11.1. The van der Waals surface area contributed by atoms with Gasteiger partial charge in [0.05, 0.1) is 0 Å². The van der Waals surface area contributed by atoms with Gasteiger partial charge < -0.3 is 0 Å². The molecule has 3 rings (SSSR count). The fraction of sp³-hybridized carbons (Fsp3) is 0.0714. The third-order valence-corrected chi connectivity index (χ3v) is 2.85. The second kappa shape index (κ2) is 3.98. The molecule has 0 aromatic heterocycles. The van der Waals surface area contributed by atoms with Gasteiger partial charge in [0.15, 0.2) is 0 Å². The van der Waals surface area contributed by atoms with Crippen LogP contribution in [0.5, 0.6) is 0 Å². The predicted octanol–water partition coefficient (Wildman–Crippen LogP) is 4.02. The van der Waals surface area contributed by atoms with Crippen LogP contribution in [0.3, 0.4) is 0 Å². The van der Waals surface area contributed by atoms with Gasteiger partial charge in [-0.05, 0) is 6.92 Å². The van der Waals surface area contributed by atoms with Crippen molar-refractivity contribution in [2.24, 2.45) is 0 Å². The van der Waals surface area contributed by atoms with E-state index >= 15 is 0 Å². The molecule has 3 aromatic rings. The van der Waals surface area contributed by atoms with E-state index in [9.17, 15) is 0 Å². The van der Waals surface area contributed by atoms with Crippen molar-refractivity contribution >= 4 is 21.5 Å². The Morgan fingerprint density at radius 1 is 0.867 bits per heavy atom. The summed E-state index contributed by atoms with van der Waals surface area (Å²) < 4.78 is 0. The summed E-state index contributed by atoms with van der Waals surface area (Å²) in [4.78, 5) is 0. The molecule has 0 bridgehead atoms. The number of hydrogen-bond donors (Lipinski definition) is 0. The molecule has 3 aromatic carbocycles. The quantitative estimate of drug-likeness (QED) is 0.541. The van der Waals surface area contributed by atoms with Gasteiger partial charge in [-0.1, -0.05) is 35.9 Å². The Labute approximate surface area is 108 Å². The number of hydrogen-bond acceptors (Lipinski definition) is 0. The number of aryl methyl sites for hydroxylation is 1. The standard InChI is InChI=1S/C14H11.Zr/c1-10-5-4-7-12-9-11-6-2-3-8-13(11)14(10)12;/h2-9H,1H3;/q-1;. The van der Waals surface area contributed by atoms with Gasteiger partial charge in [-0.2, -0.15) is 0 Å². The van der Waals surface area contributed by atoms with Gasteiger partial charge in [-0.25, -0.2) is 0 Å². The molecule has 0 amide bonds. The van der Waals surface area contributed by atoms with Gasteiger partial charge in [0.1, 0.15) is 0 Å². The first-order chi connectivity index (χ1) is 6.86. The maximum absolute atomic E-state index is 2.26. The van der Waals surface area contributed by atoms with E-state index in [2.05, 4.69) is 55.5 Å². The monoisotopic (exact) mass is 269 g/mol. The van der Waals surface area contributed by atoms with Crippen LogP contribution in [0.25, 0.3) is 21.5 Å². The van der Waals surface area contributed by atoms with Crippen molar-refractivity contribution in [1.82, 2.24) is 0 Å². The zero-order chi connectivity index (χ0) is 9.54. The van der Waals surface area contributed by atoms with Crippen LogP contribution in [0.15, 0.2) is 48.5 Å². The summed E-state index contributed by atoms with van der Waals surface area (Å²) in [5.74, 6) is 0. The maximum Gasteiger partial charge on any atom is 0 e. The predicted molar refractivity (Wildman–Crippen MR) is 61.8 cm³/mol. The van der Waals surface area contributed by atoms with E-state index in [0.29, 0.717) is 0 Å². The Kier molecular flexibility index (Phi) is 2.84. The molecule has 0 radical (unpaired) electrons. The SMILES string of the molecule is Cc1cccc2[cH-]c3ccccc3c12.[Zr]. The average molecular weight is 270 g/mol. The summed E-state index contributed by atoms with van der Waals surface area (Å²) in [6.07, 6.45) is 0. The molecule has 0 N–H and O–H groups in total. The van der Waals surface area contributed by atoms with Crippen molar-refractivity contribution in [2.45, 2.75) is 6.92 Å². The summed E-state index contributed by atoms with van der Waals surface area (Å²) in [6, 6.07) is 17.3. The molecule has 0 spiro atoms. The average Bonchev–Trinajstić information content (AvgIpc) is 2.57. The molecule has 72 valence electrons. The Balaban J connectivity index is 0.000000853. The minimum Gasteiger partial charge on any atom is -0.126 e.